The zero-order chi connectivity index (χ0) is 21.6. The minimum Gasteiger partial charge on any atom is -0.465 e. The van der Waals surface area contributed by atoms with Crippen molar-refractivity contribution in [2.75, 3.05) is 6.61 Å². The predicted molar refractivity (Wildman–Crippen MR) is 99.3 cm³/mol. The average molecular weight is 410 g/mol. The zero-order valence-corrected chi connectivity index (χ0v) is 17.3. The maximum atomic E-state index is 12.5. The lowest BCUT2D eigenvalue weighted by molar-refractivity contribution is -0.305. The molecule has 0 amide bonds. The first kappa shape index (κ1) is 20.8. The standard InChI is InChI=1S/C21H30O8/c1-11-5-6-18(25)17(4)9-15(23)29-21(18,16(11)24)20(27)8-14(7-19(17,20)26)12(2)10-28-13(3)22/h8,11-12,16,24-27H,5-7,9-10H2,1-4H3/t11-,12?,16+,17-,18?,19+,20+,21?/m0/s1. The van der Waals surface area contributed by atoms with Gasteiger partial charge < -0.3 is 29.9 Å². The maximum Gasteiger partial charge on any atom is 0.307 e. The number of carbonyl (C=O) groups is 2. The van der Waals surface area contributed by atoms with Crippen LogP contribution in [-0.2, 0) is 19.1 Å². The molecule has 0 aromatic carbocycles. The van der Waals surface area contributed by atoms with Crippen LogP contribution in [0.5, 0.6) is 0 Å². The maximum absolute atomic E-state index is 12.5. The Labute approximate surface area is 169 Å². The van der Waals surface area contributed by atoms with Crippen molar-refractivity contribution >= 4 is 11.9 Å². The predicted octanol–water partition coefficient (Wildman–Crippen LogP) is 0.205. The molecule has 2 bridgehead atoms. The Bertz CT molecular complexity index is 809. The molecule has 3 fully saturated rings. The van der Waals surface area contributed by atoms with Crippen LogP contribution in [0.4, 0.5) is 0 Å². The third kappa shape index (κ3) is 2.03. The summed E-state index contributed by atoms with van der Waals surface area (Å²) >= 11 is 0. The number of ether oxygens (including phenoxy) is 2. The largest absolute Gasteiger partial charge is 0.465 e. The second-order valence-corrected chi connectivity index (χ2v) is 9.77. The number of carbonyl (C=O) groups excluding carboxylic acids is 2. The van der Waals surface area contributed by atoms with Gasteiger partial charge in [0.1, 0.15) is 17.3 Å². The number of aliphatic hydroxyl groups is 4. The molecule has 1 saturated heterocycles. The normalized spacial score (nSPS) is 51.6. The lowest BCUT2D eigenvalue weighted by atomic mass is 9.56. The quantitative estimate of drug-likeness (QED) is 0.383. The minimum absolute atomic E-state index is 0.0236. The topological polar surface area (TPSA) is 134 Å². The molecular weight excluding hydrogens is 380 g/mol. The smallest absolute Gasteiger partial charge is 0.307 e. The van der Waals surface area contributed by atoms with Gasteiger partial charge in [0, 0.05) is 24.7 Å². The van der Waals surface area contributed by atoms with Gasteiger partial charge in [-0.2, -0.15) is 0 Å². The average Bonchev–Trinajstić information content (AvgIpc) is 2.94. The number of rotatable bonds is 3. The van der Waals surface area contributed by atoms with Gasteiger partial charge >= 0.3 is 11.9 Å². The van der Waals surface area contributed by atoms with Crippen LogP contribution in [-0.4, -0.2) is 67.5 Å². The van der Waals surface area contributed by atoms with Gasteiger partial charge in [-0.1, -0.05) is 26.3 Å². The summed E-state index contributed by atoms with van der Waals surface area (Å²) in [4.78, 5) is 23.7. The summed E-state index contributed by atoms with van der Waals surface area (Å²) in [6, 6.07) is 0. The molecule has 8 atom stereocenters. The first-order valence-electron chi connectivity index (χ1n) is 10.2. The summed E-state index contributed by atoms with van der Waals surface area (Å²) in [6.07, 6.45) is 0.430. The van der Waals surface area contributed by atoms with Crippen molar-refractivity contribution < 1.29 is 39.5 Å². The highest BCUT2D eigenvalue weighted by atomic mass is 16.6. The molecular formula is C21H30O8. The molecule has 4 aliphatic rings. The van der Waals surface area contributed by atoms with Crippen molar-refractivity contribution in [3.05, 3.63) is 11.6 Å². The summed E-state index contributed by atoms with van der Waals surface area (Å²) in [5, 5.41) is 46.9. The molecule has 2 saturated carbocycles. The van der Waals surface area contributed by atoms with Crippen molar-refractivity contribution in [1.82, 2.24) is 0 Å². The van der Waals surface area contributed by atoms with Gasteiger partial charge in [0.05, 0.1) is 13.0 Å². The van der Waals surface area contributed by atoms with Crippen LogP contribution in [0.1, 0.15) is 53.4 Å². The van der Waals surface area contributed by atoms with Crippen LogP contribution in [0.3, 0.4) is 0 Å². The SMILES string of the molecule is CC(=O)OCC(C)C1=C[C@]2(O)C34OC(=O)C[C@@](C)(C3(O)CC[C@H](C)[C@H]4O)[C@]2(O)C1. The van der Waals surface area contributed by atoms with Gasteiger partial charge in [0.25, 0.3) is 0 Å². The Morgan fingerprint density at radius 1 is 1.31 bits per heavy atom. The molecule has 1 heterocycles. The monoisotopic (exact) mass is 410 g/mol. The van der Waals surface area contributed by atoms with Crippen LogP contribution in [0, 0.1) is 17.3 Å². The Morgan fingerprint density at radius 3 is 2.59 bits per heavy atom. The zero-order valence-electron chi connectivity index (χ0n) is 17.3. The molecule has 3 aliphatic carbocycles. The van der Waals surface area contributed by atoms with Crippen LogP contribution in [0.15, 0.2) is 11.6 Å². The van der Waals surface area contributed by atoms with E-state index < -0.39 is 45.9 Å². The molecule has 0 spiro atoms. The van der Waals surface area contributed by atoms with E-state index in [9.17, 15) is 30.0 Å². The van der Waals surface area contributed by atoms with Crippen LogP contribution in [0.25, 0.3) is 0 Å². The molecule has 1 aliphatic heterocycles. The van der Waals surface area contributed by atoms with E-state index in [0.717, 1.165) is 0 Å². The first-order valence-corrected chi connectivity index (χ1v) is 10.2. The summed E-state index contributed by atoms with van der Waals surface area (Å²) in [6.45, 7) is 6.53. The molecule has 0 radical (unpaired) electrons. The second kappa shape index (κ2) is 5.81. The molecule has 0 aromatic rings. The first-order chi connectivity index (χ1) is 13.3. The van der Waals surface area contributed by atoms with E-state index >= 15 is 0 Å². The summed E-state index contributed by atoms with van der Waals surface area (Å²) in [5.74, 6) is -1.76. The molecule has 8 nitrogen and oxygen atoms in total. The van der Waals surface area contributed by atoms with Crippen molar-refractivity contribution in [2.24, 2.45) is 17.3 Å². The molecule has 162 valence electrons. The Morgan fingerprint density at radius 2 is 1.97 bits per heavy atom. The van der Waals surface area contributed by atoms with Gasteiger partial charge in [-0.3, -0.25) is 9.59 Å². The van der Waals surface area contributed by atoms with E-state index in [4.69, 9.17) is 9.47 Å². The van der Waals surface area contributed by atoms with Crippen molar-refractivity contribution in [2.45, 2.75) is 81.9 Å². The Kier molecular flexibility index (Phi) is 4.16. The Balaban J connectivity index is 1.89. The van der Waals surface area contributed by atoms with Gasteiger partial charge in [-0.15, -0.1) is 0 Å². The summed E-state index contributed by atoms with van der Waals surface area (Å²) in [7, 11) is 0. The lowest BCUT2D eigenvalue weighted by Gasteiger charge is -2.59. The van der Waals surface area contributed by atoms with Gasteiger partial charge in [-0.25, -0.2) is 0 Å². The van der Waals surface area contributed by atoms with E-state index in [1.165, 1.54) is 13.0 Å². The number of esters is 2. The van der Waals surface area contributed by atoms with Crippen molar-refractivity contribution in [3.8, 4) is 0 Å². The molecule has 0 aromatic heterocycles. The fourth-order valence-electron chi connectivity index (χ4n) is 6.58. The molecule has 29 heavy (non-hydrogen) atoms. The third-order valence-corrected chi connectivity index (χ3v) is 8.35. The number of hydrogen-bond acceptors (Lipinski definition) is 8. The van der Waals surface area contributed by atoms with Gasteiger partial charge in [0.15, 0.2) is 5.60 Å². The fraction of sp³-hybridized carbons (Fsp3) is 0.810. The fourth-order valence-corrected chi connectivity index (χ4v) is 6.58. The highest BCUT2D eigenvalue weighted by molar-refractivity contribution is 5.76. The van der Waals surface area contributed by atoms with Crippen molar-refractivity contribution in [1.29, 1.82) is 0 Å². The second-order valence-electron chi connectivity index (χ2n) is 9.77. The van der Waals surface area contributed by atoms with E-state index in [0.29, 0.717) is 12.0 Å². The number of hydrogen-bond donors (Lipinski definition) is 4. The Hall–Kier alpha value is -1.48. The van der Waals surface area contributed by atoms with Crippen molar-refractivity contribution in [3.63, 3.8) is 0 Å². The van der Waals surface area contributed by atoms with E-state index in [1.54, 1.807) is 20.8 Å². The number of aliphatic hydroxyl groups excluding tert-OH is 1. The molecule has 4 N–H and O–H groups in total. The molecule has 8 heteroatoms. The minimum atomic E-state index is -2.18. The van der Waals surface area contributed by atoms with E-state index in [2.05, 4.69) is 0 Å². The van der Waals surface area contributed by atoms with E-state index in [-0.39, 0.29) is 37.7 Å². The van der Waals surface area contributed by atoms with Crippen LogP contribution in [0.2, 0.25) is 0 Å². The molecule has 4 rings (SSSR count). The van der Waals surface area contributed by atoms with Gasteiger partial charge in [-0.05, 0) is 24.8 Å². The highest BCUT2D eigenvalue weighted by Gasteiger charge is 2.93. The summed E-state index contributed by atoms with van der Waals surface area (Å²) < 4.78 is 10.7. The molecule has 3 unspecified atom stereocenters. The van der Waals surface area contributed by atoms with Gasteiger partial charge in [0.2, 0.25) is 5.60 Å². The summed E-state index contributed by atoms with van der Waals surface area (Å²) in [5.41, 5.74) is -8.75. The van der Waals surface area contributed by atoms with E-state index in [1.807, 2.05) is 0 Å². The number of fused-ring (bicyclic) bond motifs is 2. The van der Waals surface area contributed by atoms with Crippen LogP contribution < -0.4 is 0 Å². The lowest BCUT2D eigenvalue weighted by Crippen LogP contribution is -2.76. The third-order valence-electron chi connectivity index (χ3n) is 8.35. The highest BCUT2D eigenvalue weighted by Crippen LogP contribution is 2.75. The van der Waals surface area contributed by atoms with Crippen LogP contribution >= 0.6 is 0 Å².